The predicted octanol–water partition coefficient (Wildman–Crippen LogP) is 4.08. The van der Waals surface area contributed by atoms with Gasteiger partial charge in [-0.1, -0.05) is 32.0 Å². The number of nitrogens with one attached hydrogen (secondary N) is 1. The fourth-order valence-corrected chi connectivity index (χ4v) is 2.48. The van der Waals surface area contributed by atoms with E-state index in [0.29, 0.717) is 29.7 Å². The minimum atomic E-state index is -0.440. The van der Waals surface area contributed by atoms with Crippen LogP contribution in [0.15, 0.2) is 42.5 Å². The second-order valence-corrected chi connectivity index (χ2v) is 6.64. The average molecular weight is 385 g/mol. The summed E-state index contributed by atoms with van der Waals surface area (Å²) in [6.45, 7) is 7.92. The van der Waals surface area contributed by atoms with Crippen LogP contribution in [0.5, 0.6) is 11.5 Å². The molecular weight excluding hydrogens is 358 g/mol. The van der Waals surface area contributed by atoms with Gasteiger partial charge in [0, 0.05) is 11.8 Å². The highest BCUT2D eigenvalue weighted by Gasteiger charge is 2.09. The molecule has 6 nitrogen and oxygen atoms in total. The van der Waals surface area contributed by atoms with E-state index in [-0.39, 0.29) is 19.1 Å². The van der Waals surface area contributed by atoms with E-state index in [1.165, 1.54) is 0 Å². The number of hydrogen-bond acceptors (Lipinski definition) is 5. The van der Waals surface area contributed by atoms with E-state index in [9.17, 15) is 9.59 Å². The van der Waals surface area contributed by atoms with Crippen molar-refractivity contribution in [1.29, 1.82) is 0 Å². The van der Waals surface area contributed by atoms with E-state index >= 15 is 0 Å². The molecule has 0 unspecified atom stereocenters. The molecule has 1 amide bonds. The molecule has 150 valence electrons. The Morgan fingerprint density at radius 3 is 2.54 bits per heavy atom. The lowest BCUT2D eigenvalue weighted by molar-refractivity contribution is -0.145. The molecule has 28 heavy (non-hydrogen) atoms. The molecule has 0 spiro atoms. The van der Waals surface area contributed by atoms with E-state index < -0.39 is 5.97 Å². The van der Waals surface area contributed by atoms with Crippen LogP contribution in [0.25, 0.3) is 0 Å². The van der Waals surface area contributed by atoms with Gasteiger partial charge in [0.1, 0.15) is 11.5 Å². The van der Waals surface area contributed by atoms with E-state index in [1.54, 1.807) is 31.2 Å². The molecule has 0 bridgehead atoms. The third-order valence-electron chi connectivity index (χ3n) is 4.02. The Morgan fingerprint density at radius 1 is 1.04 bits per heavy atom. The number of hydrogen-bond donors (Lipinski definition) is 1. The van der Waals surface area contributed by atoms with Crippen molar-refractivity contribution in [2.24, 2.45) is 0 Å². The molecule has 0 aromatic heterocycles. The number of aryl methyl sites for hydroxylation is 1. The first kappa shape index (κ1) is 21.3. The van der Waals surface area contributed by atoms with Gasteiger partial charge in [0.2, 0.25) is 0 Å². The van der Waals surface area contributed by atoms with Crippen LogP contribution >= 0.6 is 0 Å². The zero-order valence-corrected chi connectivity index (χ0v) is 16.8. The van der Waals surface area contributed by atoms with Gasteiger partial charge in [-0.15, -0.1) is 0 Å². The summed E-state index contributed by atoms with van der Waals surface area (Å²) in [6.07, 6.45) is 0. The van der Waals surface area contributed by atoms with Crippen LogP contribution in [-0.2, 0) is 14.3 Å². The molecule has 0 saturated carbocycles. The largest absolute Gasteiger partial charge is 0.483 e. The Hall–Kier alpha value is -3.02. The molecule has 0 atom stereocenters. The van der Waals surface area contributed by atoms with Crippen molar-refractivity contribution in [1.82, 2.24) is 0 Å². The van der Waals surface area contributed by atoms with E-state index in [1.807, 2.05) is 19.1 Å². The Kier molecular flexibility index (Phi) is 7.87. The SMILES string of the molecule is CCOC(=O)COc1cccc(NC(=O)COc2cc(C(C)C)ccc2C)c1. The van der Waals surface area contributed by atoms with E-state index in [2.05, 4.69) is 25.2 Å². The van der Waals surface area contributed by atoms with Gasteiger partial charge in [-0.2, -0.15) is 0 Å². The number of benzene rings is 2. The van der Waals surface area contributed by atoms with Crippen LogP contribution in [0.3, 0.4) is 0 Å². The second kappa shape index (κ2) is 10.3. The molecule has 0 heterocycles. The highest BCUT2D eigenvalue weighted by Crippen LogP contribution is 2.24. The highest BCUT2D eigenvalue weighted by molar-refractivity contribution is 5.92. The monoisotopic (exact) mass is 385 g/mol. The van der Waals surface area contributed by atoms with Gasteiger partial charge in [0.05, 0.1) is 6.61 Å². The number of carbonyl (C=O) groups excluding carboxylic acids is 2. The first-order chi connectivity index (χ1) is 13.4. The lowest BCUT2D eigenvalue weighted by Crippen LogP contribution is -2.20. The average Bonchev–Trinajstić information content (AvgIpc) is 2.66. The van der Waals surface area contributed by atoms with Crippen molar-refractivity contribution in [3.63, 3.8) is 0 Å². The van der Waals surface area contributed by atoms with Gasteiger partial charge in [-0.3, -0.25) is 4.79 Å². The summed E-state index contributed by atoms with van der Waals surface area (Å²) in [6, 6.07) is 12.8. The maximum atomic E-state index is 12.2. The quantitative estimate of drug-likeness (QED) is 0.659. The summed E-state index contributed by atoms with van der Waals surface area (Å²) >= 11 is 0. The third-order valence-corrected chi connectivity index (χ3v) is 4.02. The Balaban J connectivity index is 1.90. The van der Waals surface area contributed by atoms with Crippen LogP contribution in [0, 0.1) is 6.92 Å². The molecule has 0 aliphatic carbocycles. The van der Waals surface area contributed by atoms with Crippen molar-refractivity contribution < 1.29 is 23.8 Å². The molecule has 0 aliphatic heterocycles. The predicted molar refractivity (Wildman–Crippen MR) is 108 cm³/mol. The van der Waals surface area contributed by atoms with Crippen LogP contribution in [0.2, 0.25) is 0 Å². The van der Waals surface area contributed by atoms with Gasteiger partial charge in [0.25, 0.3) is 5.91 Å². The van der Waals surface area contributed by atoms with Crippen molar-refractivity contribution in [3.05, 3.63) is 53.6 Å². The fourth-order valence-electron chi connectivity index (χ4n) is 2.48. The van der Waals surface area contributed by atoms with Crippen molar-refractivity contribution in [3.8, 4) is 11.5 Å². The van der Waals surface area contributed by atoms with E-state index in [4.69, 9.17) is 14.2 Å². The Labute approximate surface area is 165 Å². The molecule has 0 saturated heterocycles. The van der Waals surface area contributed by atoms with Gasteiger partial charge in [-0.05, 0) is 49.1 Å². The molecule has 1 N–H and O–H groups in total. The van der Waals surface area contributed by atoms with Gasteiger partial charge in [0.15, 0.2) is 13.2 Å². The smallest absolute Gasteiger partial charge is 0.344 e. The van der Waals surface area contributed by atoms with Crippen molar-refractivity contribution >= 4 is 17.6 Å². The van der Waals surface area contributed by atoms with Crippen LogP contribution < -0.4 is 14.8 Å². The zero-order valence-electron chi connectivity index (χ0n) is 16.8. The van der Waals surface area contributed by atoms with Crippen LogP contribution in [0.4, 0.5) is 5.69 Å². The maximum Gasteiger partial charge on any atom is 0.344 e. The summed E-state index contributed by atoms with van der Waals surface area (Å²) in [5, 5.41) is 2.76. The van der Waals surface area contributed by atoms with Crippen molar-refractivity contribution in [2.75, 3.05) is 25.1 Å². The summed E-state index contributed by atoms with van der Waals surface area (Å²) in [5.41, 5.74) is 2.70. The molecule has 2 aromatic rings. The second-order valence-electron chi connectivity index (χ2n) is 6.64. The number of amides is 1. The number of anilines is 1. The normalized spacial score (nSPS) is 10.5. The van der Waals surface area contributed by atoms with Crippen LogP contribution in [-0.4, -0.2) is 31.7 Å². The molecule has 0 radical (unpaired) electrons. The molecule has 0 aliphatic rings. The highest BCUT2D eigenvalue weighted by atomic mass is 16.6. The van der Waals surface area contributed by atoms with Gasteiger partial charge < -0.3 is 19.5 Å². The van der Waals surface area contributed by atoms with Crippen LogP contribution in [0.1, 0.15) is 37.8 Å². The molecule has 2 rings (SSSR count). The van der Waals surface area contributed by atoms with Crippen molar-refractivity contribution in [2.45, 2.75) is 33.6 Å². The zero-order chi connectivity index (χ0) is 20.5. The summed E-state index contributed by atoms with van der Waals surface area (Å²) in [7, 11) is 0. The minimum Gasteiger partial charge on any atom is -0.483 e. The summed E-state index contributed by atoms with van der Waals surface area (Å²) in [5.74, 6) is 0.829. The number of rotatable bonds is 9. The molecular formula is C22H27NO5. The number of carbonyl (C=O) groups is 2. The third kappa shape index (κ3) is 6.61. The lowest BCUT2D eigenvalue weighted by Gasteiger charge is -2.13. The Bertz CT molecular complexity index is 816. The summed E-state index contributed by atoms with van der Waals surface area (Å²) in [4.78, 5) is 23.6. The minimum absolute atomic E-state index is 0.101. The molecule has 0 fully saturated rings. The van der Waals surface area contributed by atoms with E-state index in [0.717, 1.165) is 11.1 Å². The fraction of sp³-hybridized carbons (Fsp3) is 0.364. The standard InChI is InChI=1S/C22H27NO5/c1-5-26-22(25)14-27-19-8-6-7-18(12-19)23-21(24)13-28-20-11-17(15(2)3)10-9-16(20)4/h6-12,15H,5,13-14H2,1-4H3,(H,23,24). The topological polar surface area (TPSA) is 73.9 Å². The maximum absolute atomic E-state index is 12.2. The molecule has 2 aromatic carbocycles. The van der Waals surface area contributed by atoms with Gasteiger partial charge in [-0.25, -0.2) is 4.79 Å². The number of esters is 1. The summed E-state index contributed by atoms with van der Waals surface area (Å²) < 4.78 is 15.9. The first-order valence-corrected chi connectivity index (χ1v) is 9.30. The number of ether oxygens (including phenoxy) is 3. The molecule has 6 heteroatoms. The Morgan fingerprint density at radius 2 is 1.82 bits per heavy atom. The first-order valence-electron chi connectivity index (χ1n) is 9.30. The lowest BCUT2D eigenvalue weighted by atomic mass is 10.0. The van der Waals surface area contributed by atoms with Gasteiger partial charge >= 0.3 is 5.97 Å².